The van der Waals surface area contributed by atoms with E-state index < -0.39 is 0 Å². The van der Waals surface area contributed by atoms with E-state index in [-0.39, 0.29) is 11.5 Å². The van der Waals surface area contributed by atoms with Crippen LogP contribution in [0.3, 0.4) is 0 Å². The average molecular weight is 1080 g/mol. The molecular formula is C34H34I3OS6V. The first-order valence-corrected chi connectivity index (χ1v) is 32.8. The van der Waals surface area contributed by atoms with Gasteiger partial charge in [-0.15, -0.1) is 68.0 Å². The van der Waals surface area contributed by atoms with Gasteiger partial charge < -0.3 is 5.11 Å². The Hall–Kier alpha value is 0.674. The van der Waals surface area contributed by atoms with Crippen molar-refractivity contribution >= 4 is 134 Å². The quantitative estimate of drug-likeness (QED) is 0.128. The molecule has 6 heterocycles. The molecule has 0 aliphatic rings. The van der Waals surface area contributed by atoms with E-state index in [1.165, 1.54) is 61.6 Å². The maximum atomic E-state index is 9.42. The molecule has 0 fully saturated rings. The van der Waals surface area contributed by atoms with Crippen LogP contribution in [0.4, 0.5) is 0 Å². The van der Waals surface area contributed by atoms with Gasteiger partial charge in [0.15, 0.2) is 0 Å². The molecule has 11 heteroatoms. The molecular weight excluding hydrogens is 1050 g/mol. The Kier molecular flexibility index (Phi) is 17.4. The summed E-state index contributed by atoms with van der Waals surface area (Å²) in [7, 11) is 0. The maximum absolute atomic E-state index is 9.42. The third-order valence-corrected chi connectivity index (χ3v) is 14.0. The number of rotatable bonds is 11. The molecule has 0 amide bonds. The predicted molar refractivity (Wildman–Crippen MR) is 233 cm³/mol. The minimum atomic E-state index is -0.278. The fraction of sp³-hybridized carbons (Fsp3) is 0.235. The van der Waals surface area contributed by atoms with Crippen LogP contribution in [0.5, 0.6) is 0 Å². The van der Waals surface area contributed by atoms with E-state index in [0.29, 0.717) is 11.8 Å². The van der Waals surface area contributed by atoms with Crippen LogP contribution < -0.4 is 0 Å². The molecule has 1 N–H and O–H groups in total. The van der Waals surface area contributed by atoms with Gasteiger partial charge >= 0.3 is 64.9 Å². The summed E-state index contributed by atoms with van der Waals surface area (Å²) < 4.78 is 0. The zero-order valence-corrected chi connectivity index (χ0v) is 37.6. The number of halogens is 3. The third-order valence-electron chi connectivity index (χ3n) is 6.94. The van der Waals surface area contributed by atoms with Gasteiger partial charge in [0, 0.05) is 55.4 Å². The van der Waals surface area contributed by atoms with Crippen molar-refractivity contribution in [3.05, 3.63) is 99.9 Å². The van der Waals surface area contributed by atoms with Gasteiger partial charge in [-0.05, 0) is 96.1 Å². The van der Waals surface area contributed by atoms with Crippen molar-refractivity contribution in [1.82, 2.24) is 0 Å². The van der Waals surface area contributed by atoms with Crippen LogP contribution >= 0.6 is 128 Å². The second kappa shape index (κ2) is 20.4. The zero-order chi connectivity index (χ0) is 32.2. The Morgan fingerprint density at radius 3 is 1.62 bits per heavy atom. The van der Waals surface area contributed by atoms with Crippen LogP contribution in [-0.4, -0.2) is 11.7 Å². The van der Waals surface area contributed by atoms with Crippen molar-refractivity contribution in [3.63, 3.8) is 0 Å². The number of aliphatic hydroxyl groups is 1. The van der Waals surface area contributed by atoms with Gasteiger partial charge in [0.25, 0.3) is 0 Å². The van der Waals surface area contributed by atoms with Crippen LogP contribution in [-0.2, 0) is 4.92 Å². The molecule has 0 aromatic carbocycles. The fourth-order valence-electron chi connectivity index (χ4n) is 4.53. The van der Waals surface area contributed by atoms with Gasteiger partial charge in [-0.3, -0.25) is 0 Å². The third kappa shape index (κ3) is 12.2. The Morgan fingerprint density at radius 1 is 0.711 bits per heavy atom. The summed E-state index contributed by atoms with van der Waals surface area (Å²) in [6, 6.07) is 26.3. The van der Waals surface area contributed by atoms with Crippen molar-refractivity contribution in [1.29, 1.82) is 0 Å². The van der Waals surface area contributed by atoms with E-state index in [2.05, 4.69) is 164 Å². The summed E-state index contributed by atoms with van der Waals surface area (Å²) in [5.74, 6) is 1.19. The molecule has 0 saturated carbocycles. The van der Waals surface area contributed by atoms with Crippen molar-refractivity contribution in [3.8, 4) is 39.0 Å². The Balaban J connectivity index is 0.000000191. The normalized spacial score (nSPS) is 12.2. The SMILES string of the molecule is C=Cc1ccc(-c2ccc(-c3cccs3)s2)s1.CCC(C)CC(CCO)c1ccc(-c2ccc(-c3cccs3)s2)s1.[I][V]([I])[I]. The van der Waals surface area contributed by atoms with Crippen LogP contribution in [0.25, 0.3) is 45.1 Å². The van der Waals surface area contributed by atoms with E-state index in [0.717, 1.165) is 6.42 Å². The molecule has 6 aromatic rings. The molecule has 6 rings (SSSR count). The van der Waals surface area contributed by atoms with Crippen LogP contribution in [0.2, 0.25) is 0 Å². The second-order valence-electron chi connectivity index (χ2n) is 10.0. The van der Waals surface area contributed by atoms with Crippen LogP contribution in [0, 0.1) is 5.92 Å². The van der Waals surface area contributed by atoms with E-state index in [4.69, 9.17) is 0 Å². The summed E-state index contributed by atoms with van der Waals surface area (Å²) in [6.07, 6.45) is 5.15. The van der Waals surface area contributed by atoms with E-state index in [9.17, 15) is 5.11 Å². The number of hydrogen-bond acceptors (Lipinski definition) is 7. The van der Waals surface area contributed by atoms with Crippen LogP contribution in [0.15, 0.2) is 90.1 Å². The van der Waals surface area contributed by atoms with Gasteiger partial charge in [-0.25, -0.2) is 0 Å². The van der Waals surface area contributed by atoms with E-state index in [1.807, 2.05) is 40.1 Å². The molecule has 2 unspecified atom stereocenters. The molecule has 0 saturated heterocycles. The topological polar surface area (TPSA) is 20.2 Å². The summed E-state index contributed by atoms with van der Waals surface area (Å²) in [6.45, 7) is 8.63. The Morgan fingerprint density at radius 2 is 1.18 bits per heavy atom. The predicted octanol–water partition coefficient (Wildman–Crippen LogP) is 15.6. The molecule has 45 heavy (non-hydrogen) atoms. The van der Waals surface area contributed by atoms with E-state index in [1.54, 1.807) is 34.0 Å². The molecule has 0 bridgehead atoms. The molecule has 0 aliphatic carbocycles. The van der Waals surface area contributed by atoms with Crippen molar-refractivity contribution in [2.45, 2.75) is 39.0 Å². The van der Waals surface area contributed by atoms with Gasteiger partial charge in [0.1, 0.15) is 0 Å². The van der Waals surface area contributed by atoms with Gasteiger partial charge in [-0.1, -0.05) is 45.1 Å². The van der Waals surface area contributed by atoms with Crippen LogP contribution in [0.1, 0.15) is 48.8 Å². The fourth-order valence-corrected chi connectivity index (χ4v) is 10.4. The first kappa shape index (κ1) is 38.5. The average Bonchev–Trinajstić information content (AvgIpc) is 3.86. The number of thiophene rings is 6. The van der Waals surface area contributed by atoms with Crippen molar-refractivity contribution in [2.24, 2.45) is 5.92 Å². The summed E-state index contributed by atoms with van der Waals surface area (Å²) in [5, 5.41) is 13.7. The Bertz CT molecular complexity index is 1680. The number of aliphatic hydroxyl groups excluding tert-OH is 1. The number of hydrogen-bond donors (Lipinski definition) is 1. The van der Waals surface area contributed by atoms with Crippen molar-refractivity contribution < 1.29 is 10.0 Å². The molecule has 2 atom stereocenters. The van der Waals surface area contributed by atoms with Gasteiger partial charge in [0.2, 0.25) is 0 Å². The summed E-state index contributed by atoms with van der Waals surface area (Å²) in [5.41, 5.74) is 0. The first-order valence-electron chi connectivity index (χ1n) is 14.3. The minimum absolute atomic E-state index is 0.274. The molecule has 6 aromatic heterocycles. The van der Waals surface area contributed by atoms with Gasteiger partial charge in [-0.2, -0.15) is 0 Å². The summed E-state index contributed by atoms with van der Waals surface area (Å²) in [4.78, 5) is 13.1. The second-order valence-corrected chi connectivity index (χ2v) is 51.7. The monoisotopic (exact) mass is 1080 g/mol. The molecule has 0 spiro atoms. The zero-order valence-electron chi connectivity index (χ0n) is 24.8. The van der Waals surface area contributed by atoms with Gasteiger partial charge in [0.05, 0.1) is 0 Å². The van der Waals surface area contributed by atoms with Crippen molar-refractivity contribution in [2.75, 3.05) is 6.61 Å². The van der Waals surface area contributed by atoms with E-state index >= 15 is 0 Å². The summed E-state index contributed by atoms with van der Waals surface area (Å²) >= 11 is 18.4. The Labute approximate surface area is 329 Å². The molecule has 1 nitrogen and oxygen atoms in total. The molecule has 238 valence electrons. The molecule has 0 aliphatic heterocycles. The molecule has 0 radical (unpaired) electrons. The first-order chi connectivity index (χ1) is 21.8. The standard InChI is InChI=1S/C20H24OS3.C14H10S3.3HI.V/c1-3-14(2)13-15(10-11-21)16-6-7-19(23-16)20-9-8-18(24-20)17-5-4-12-22-17;1-2-10-5-6-13(16-10)14-8-7-12(17-14)11-4-3-9-15-11;;;;/h4-9,12,14-15,21H,3,10-11,13H2,1-2H3;2-9H,1H2;3*1H;/q;;;;;+3/p-3.